The third-order valence-corrected chi connectivity index (χ3v) is 8.14. The SMILES string of the molecule is CC1(C)CCC(=O)[C@]2(C)[C@@H]1CC[C@@]13C=C[C@@](C)(CC[C@H]12)C3. The third kappa shape index (κ3) is 1.61. The van der Waals surface area contributed by atoms with Crippen LogP contribution in [-0.4, -0.2) is 5.78 Å². The lowest BCUT2D eigenvalue weighted by atomic mass is 9.40. The summed E-state index contributed by atoms with van der Waals surface area (Å²) in [5.74, 6) is 1.78. The van der Waals surface area contributed by atoms with Crippen molar-refractivity contribution in [2.45, 2.75) is 72.6 Å². The molecule has 116 valence electrons. The zero-order chi connectivity index (χ0) is 15.1. The van der Waals surface area contributed by atoms with E-state index in [1.807, 2.05) is 0 Å². The topological polar surface area (TPSA) is 17.1 Å². The average Bonchev–Trinajstić information content (AvgIpc) is 2.65. The standard InChI is InChI=1S/C20H30O/c1-17(2)8-7-16(21)19(4)14(17)6-10-20-12-11-18(3,13-20)9-5-15(19)20/h11-12,14-15H,5-10,13H2,1-4H3/t14-,15+,18-,19-,20+/m1/s1. The molecule has 0 amide bonds. The first-order chi connectivity index (χ1) is 9.72. The lowest BCUT2D eigenvalue weighted by Crippen LogP contribution is -2.60. The number of ketones is 1. The highest BCUT2D eigenvalue weighted by molar-refractivity contribution is 5.86. The van der Waals surface area contributed by atoms with Crippen molar-refractivity contribution in [1.82, 2.24) is 0 Å². The maximum atomic E-state index is 13.0. The molecule has 0 aromatic heterocycles. The molecule has 0 saturated heterocycles. The smallest absolute Gasteiger partial charge is 0.139 e. The number of carbonyl (C=O) groups is 1. The normalized spacial score (nSPS) is 54.2. The van der Waals surface area contributed by atoms with Crippen LogP contribution in [0.15, 0.2) is 12.2 Å². The summed E-state index contributed by atoms with van der Waals surface area (Å²) in [7, 11) is 0. The van der Waals surface area contributed by atoms with Crippen LogP contribution < -0.4 is 0 Å². The largest absolute Gasteiger partial charge is 0.299 e. The van der Waals surface area contributed by atoms with E-state index in [0.717, 1.165) is 12.8 Å². The Hall–Kier alpha value is -0.590. The summed E-state index contributed by atoms with van der Waals surface area (Å²) >= 11 is 0. The van der Waals surface area contributed by atoms with Crippen LogP contribution in [0.1, 0.15) is 72.6 Å². The van der Waals surface area contributed by atoms with Gasteiger partial charge in [-0.1, -0.05) is 39.8 Å². The molecule has 21 heavy (non-hydrogen) atoms. The van der Waals surface area contributed by atoms with Gasteiger partial charge in [-0.15, -0.1) is 0 Å². The van der Waals surface area contributed by atoms with Gasteiger partial charge in [-0.25, -0.2) is 0 Å². The molecule has 0 aliphatic heterocycles. The highest BCUT2D eigenvalue weighted by Gasteiger charge is 2.65. The lowest BCUT2D eigenvalue weighted by Gasteiger charge is -2.63. The Balaban J connectivity index is 1.80. The first-order valence-electron chi connectivity index (χ1n) is 8.96. The minimum Gasteiger partial charge on any atom is -0.299 e. The fourth-order valence-electron chi connectivity index (χ4n) is 7.08. The van der Waals surface area contributed by atoms with E-state index >= 15 is 0 Å². The van der Waals surface area contributed by atoms with E-state index in [1.165, 1.54) is 32.1 Å². The summed E-state index contributed by atoms with van der Waals surface area (Å²) in [4.78, 5) is 13.0. The molecule has 0 radical (unpaired) electrons. The molecular formula is C20H30O. The molecule has 4 aliphatic carbocycles. The highest BCUT2D eigenvalue weighted by Crippen LogP contribution is 2.70. The summed E-state index contributed by atoms with van der Waals surface area (Å²) in [6.45, 7) is 9.60. The molecule has 0 aromatic rings. The van der Waals surface area contributed by atoms with E-state index in [9.17, 15) is 4.79 Å². The quantitative estimate of drug-likeness (QED) is 0.562. The van der Waals surface area contributed by atoms with Crippen molar-refractivity contribution in [3.63, 3.8) is 0 Å². The van der Waals surface area contributed by atoms with Gasteiger partial charge in [-0.05, 0) is 66.6 Å². The molecule has 5 atom stereocenters. The van der Waals surface area contributed by atoms with Gasteiger partial charge >= 0.3 is 0 Å². The third-order valence-electron chi connectivity index (χ3n) is 8.14. The minimum absolute atomic E-state index is 0.0595. The van der Waals surface area contributed by atoms with Gasteiger partial charge in [0.1, 0.15) is 5.78 Å². The molecule has 3 fully saturated rings. The van der Waals surface area contributed by atoms with Crippen molar-refractivity contribution < 1.29 is 4.79 Å². The molecule has 1 spiro atoms. The van der Waals surface area contributed by atoms with E-state index in [2.05, 4.69) is 39.8 Å². The lowest BCUT2D eigenvalue weighted by molar-refractivity contribution is -0.168. The van der Waals surface area contributed by atoms with Crippen molar-refractivity contribution in [2.24, 2.45) is 33.5 Å². The predicted octanol–water partition coefficient (Wildman–Crippen LogP) is 5.15. The second-order valence-corrected chi connectivity index (χ2v) is 9.77. The Bertz CT molecular complexity index is 530. The van der Waals surface area contributed by atoms with Crippen LogP contribution >= 0.6 is 0 Å². The molecule has 0 aromatic carbocycles. The summed E-state index contributed by atoms with van der Waals surface area (Å²) < 4.78 is 0. The van der Waals surface area contributed by atoms with E-state index in [4.69, 9.17) is 0 Å². The summed E-state index contributed by atoms with van der Waals surface area (Å²) in [5, 5.41) is 0. The van der Waals surface area contributed by atoms with Crippen molar-refractivity contribution in [3.05, 3.63) is 12.2 Å². The Labute approximate surface area is 129 Å². The van der Waals surface area contributed by atoms with E-state index in [0.29, 0.717) is 33.9 Å². The molecule has 1 nitrogen and oxygen atoms in total. The Morgan fingerprint density at radius 1 is 0.952 bits per heavy atom. The molecule has 1 heteroatoms. The van der Waals surface area contributed by atoms with Crippen molar-refractivity contribution in [2.75, 3.05) is 0 Å². The van der Waals surface area contributed by atoms with Gasteiger partial charge in [-0.2, -0.15) is 0 Å². The molecule has 4 rings (SSSR count). The summed E-state index contributed by atoms with van der Waals surface area (Å²) in [6.07, 6.45) is 13.4. The molecule has 2 bridgehead atoms. The van der Waals surface area contributed by atoms with Gasteiger partial charge in [0.25, 0.3) is 0 Å². The molecule has 0 heterocycles. The molecule has 0 unspecified atom stereocenters. The monoisotopic (exact) mass is 286 g/mol. The number of allylic oxidation sites excluding steroid dienone is 2. The van der Waals surface area contributed by atoms with Crippen molar-refractivity contribution >= 4 is 5.78 Å². The van der Waals surface area contributed by atoms with Crippen LogP contribution in [0.25, 0.3) is 0 Å². The highest BCUT2D eigenvalue weighted by atomic mass is 16.1. The maximum absolute atomic E-state index is 13.0. The number of rotatable bonds is 0. The molecule has 3 saturated carbocycles. The Morgan fingerprint density at radius 2 is 1.67 bits per heavy atom. The first kappa shape index (κ1) is 14.0. The molecule has 0 N–H and O–H groups in total. The number of fused-ring (bicyclic) bond motifs is 3. The van der Waals surface area contributed by atoms with E-state index < -0.39 is 0 Å². The fraction of sp³-hybridized carbons (Fsp3) is 0.850. The zero-order valence-corrected chi connectivity index (χ0v) is 14.2. The number of hydrogen-bond donors (Lipinski definition) is 0. The van der Waals surface area contributed by atoms with Crippen molar-refractivity contribution in [1.29, 1.82) is 0 Å². The fourth-order valence-corrected chi connectivity index (χ4v) is 7.08. The van der Waals surface area contributed by atoms with Crippen molar-refractivity contribution in [3.8, 4) is 0 Å². The second kappa shape index (κ2) is 3.84. The van der Waals surface area contributed by atoms with Crippen LogP contribution in [-0.2, 0) is 4.79 Å². The second-order valence-electron chi connectivity index (χ2n) is 9.77. The van der Waals surface area contributed by atoms with Gasteiger partial charge in [0, 0.05) is 11.8 Å². The number of Topliss-reactive ketones (excluding diaryl/α,β-unsaturated/α-hetero) is 1. The van der Waals surface area contributed by atoms with Crippen LogP contribution in [0.3, 0.4) is 0 Å². The first-order valence-corrected chi connectivity index (χ1v) is 8.96. The van der Waals surface area contributed by atoms with E-state index in [-0.39, 0.29) is 5.41 Å². The Morgan fingerprint density at radius 3 is 2.43 bits per heavy atom. The predicted molar refractivity (Wildman–Crippen MR) is 85.9 cm³/mol. The van der Waals surface area contributed by atoms with Gasteiger partial charge in [0.05, 0.1) is 0 Å². The van der Waals surface area contributed by atoms with Gasteiger partial charge < -0.3 is 0 Å². The summed E-state index contributed by atoms with van der Waals surface area (Å²) in [5.41, 5.74) is 1.05. The van der Waals surface area contributed by atoms with E-state index in [1.54, 1.807) is 0 Å². The van der Waals surface area contributed by atoms with Crippen LogP contribution in [0.4, 0.5) is 0 Å². The average molecular weight is 286 g/mol. The van der Waals surface area contributed by atoms with Gasteiger partial charge in [-0.3, -0.25) is 4.79 Å². The van der Waals surface area contributed by atoms with Gasteiger partial charge in [0.2, 0.25) is 0 Å². The van der Waals surface area contributed by atoms with Crippen LogP contribution in [0, 0.1) is 33.5 Å². The number of carbonyl (C=O) groups excluding carboxylic acids is 1. The molecule has 4 aliphatic rings. The van der Waals surface area contributed by atoms with Gasteiger partial charge in [0.15, 0.2) is 0 Å². The van der Waals surface area contributed by atoms with Crippen LogP contribution in [0.2, 0.25) is 0 Å². The number of hydrogen-bond acceptors (Lipinski definition) is 1. The Kier molecular flexibility index (Phi) is 2.56. The summed E-state index contributed by atoms with van der Waals surface area (Å²) in [6, 6.07) is 0. The zero-order valence-electron chi connectivity index (χ0n) is 14.2. The maximum Gasteiger partial charge on any atom is 0.139 e. The van der Waals surface area contributed by atoms with Crippen LogP contribution in [0.5, 0.6) is 0 Å². The molecular weight excluding hydrogens is 256 g/mol. The minimum atomic E-state index is -0.0595.